The molecule has 0 saturated carbocycles. The summed E-state index contributed by atoms with van der Waals surface area (Å²) in [6.45, 7) is 0.269. The van der Waals surface area contributed by atoms with E-state index < -0.39 is 9.71 Å². The highest BCUT2D eigenvalue weighted by Gasteiger charge is 2.11. The Balaban J connectivity index is 2.14. The van der Waals surface area contributed by atoms with Crippen molar-refractivity contribution in [2.45, 2.75) is 11.4 Å². The highest BCUT2D eigenvalue weighted by atomic mass is 35.5. The van der Waals surface area contributed by atoms with E-state index >= 15 is 0 Å². The van der Waals surface area contributed by atoms with E-state index in [4.69, 9.17) is 23.2 Å². The molecule has 2 rings (SSSR count). The third-order valence-electron chi connectivity index (χ3n) is 3.26. The molecule has 0 bridgehead atoms. The second-order valence-corrected chi connectivity index (χ2v) is 7.90. The van der Waals surface area contributed by atoms with Gasteiger partial charge in [-0.25, -0.2) is 8.93 Å². The van der Waals surface area contributed by atoms with Crippen LogP contribution >= 0.6 is 23.2 Å². The van der Waals surface area contributed by atoms with Gasteiger partial charge < -0.3 is 5.32 Å². The minimum atomic E-state index is -2.60. The second kappa shape index (κ2) is 7.36. The molecule has 2 aromatic rings. The van der Waals surface area contributed by atoms with Crippen LogP contribution < -0.4 is 10.0 Å². The molecule has 0 fully saturated rings. The summed E-state index contributed by atoms with van der Waals surface area (Å²) in [5, 5.41) is 3.80. The van der Waals surface area contributed by atoms with Crippen molar-refractivity contribution < 1.29 is 9.00 Å². The van der Waals surface area contributed by atoms with Crippen LogP contribution in [0.2, 0.25) is 10.0 Å². The van der Waals surface area contributed by atoms with Gasteiger partial charge in [0.1, 0.15) is 0 Å². The van der Waals surface area contributed by atoms with Crippen molar-refractivity contribution in [3.63, 3.8) is 0 Å². The molecule has 0 heterocycles. The van der Waals surface area contributed by atoms with Crippen LogP contribution in [0.1, 0.15) is 15.9 Å². The number of hydrogen-bond acceptors (Lipinski definition) is 2. The van der Waals surface area contributed by atoms with Crippen LogP contribution in [0.3, 0.4) is 0 Å². The molecule has 0 spiro atoms. The summed E-state index contributed by atoms with van der Waals surface area (Å²) in [6, 6.07) is 11.6. The highest BCUT2D eigenvalue weighted by molar-refractivity contribution is 7.98. The van der Waals surface area contributed by atoms with Crippen molar-refractivity contribution in [1.29, 1.82) is 0 Å². The van der Waals surface area contributed by atoms with Gasteiger partial charge in [0.2, 0.25) is 0 Å². The summed E-state index contributed by atoms with van der Waals surface area (Å²) in [6.07, 6.45) is 0. The van der Waals surface area contributed by atoms with Gasteiger partial charge in [-0.1, -0.05) is 35.3 Å². The summed E-state index contributed by atoms with van der Waals surface area (Å²) in [5.41, 5.74) is 1.16. The largest absolute Gasteiger partial charge is 0.348 e. The Hall–Kier alpha value is -1.53. The van der Waals surface area contributed by atoms with Gasteiger partial charge in [0.25, 0.3) is 5.91 Å². The van der Waals surface area contributed by atoms with E-state index in [0.717, 1.165) is 5.56 Å². The number of benzene rings is 2. The normalized spacial score (nSPS) is 13.3. The number of amides is 1. The zero-order valence-electron chi connectivity index (χ0n) is 12.4. The van der Waals surface area contributed by atoms with Crippen molar-refractivity contribution in [3.05, 3.63) is 63.6 Å². The van der Waals surface area contributed by atoms with Crippen LogP contribution in [0.15, 0.2) is 47.4 Å². The lowest BCUT2D eigenvalue weighted by molar-refractivity contribution is 0.0950. The molecule has 1 amide bonds. The van der Waals surface area contributed by atoms with E-state index in [1.807, 2.05) is 0 Å². The number of carbonyl (C=O) groups is 1. The molecule has 0 saturated heterocycles. The lowest BCUT2D eigenvalue weighted by atomic mass is 10.2. The van der Waals surface area contributed by atoms with E-state index in [0.29, 0.717) is 20.5 Å². The fourth-order valence-corrected chi connectivity index (χ4v) is 3.23. The molecule has 0 aliphatic heterocycles. The molecule has 4 nitrogen and oxygen atoms in total. The van der Waals surface area contributed by atoms with Crippen LogP contribution in [-0.4, -0.2) is 23.0 Å². The third-order valence-corrected chi connectivity index (χ3v) is 5.52. The molecular weight excluding hydrogens is 355 g/mol. The average Bonchev–Trinajstić information content (AvgIpc) is 2.54. The van der Waals surface area contributed by atoms with Crippen molar-refractivity contribution in [1.82, 2.24) is 10.0 Å². The van der Waals surface area contributed by atoms with Gasteiger partial charge in [-0.3, -0.25) is 4.79 Å². The van der Waals surface area contributed by atoms with Gasteiger partial charge in [0.05, 0.1) is 9.71 Å². The standard InChI is InChI=1S/C16H16Cl2N2O2S/c1-19-23(2,22)14-5-3-4-11(8-14)16(21)20-10-12-6-7-13(17)9-15(12)18/h3-9H,2,10H2,1H3,(H,19,22)(H,20,21). The van der Waals surface area contributed by atoms with Crippen LogP contribution in [0.5, 0.6) is 0 Å². The SMILES string of the molecule is C=S(=O)(NC)c1cccc(C(=O)NCc2ccc(Cl)cc2Cl)c1. The van der Waals surface area contributed by atoms with E-state index in [-0.39, 0.29) is 12.5 Å². The Morgan fingerprint density at radius 1 is 1.22 bits per heavy atom. The second-order valence-electron chi connectivity index (χ2n) is 4.83. The zero-order valence-corrected chi connectivity index (χ0v) is 14.8. The van der Waals surface area contributed by atoms with Crippen LogP contribution in [0.4, 0.5) is 0 Å². The lowest BCUT2D eigenvalue weighted by Crippen LogP contribution is -2.24. The minimum Gasteiger partial charge on any atom is -0.348 e. The number of hydrogen-bond donors (Lipinski definition) is 2. The molecular formula is C16H16Cl2N2O2S. The van der Waals surface area contributed by atoms with Gasteiger partial charge in [-0.15, -0.1) is 0 Å². The van der Waals surface area contributed by atoms with Crippen molar-refractivity contribution in [3.8, 4) is 0 Å². The van der Waals surface area contributed by atoms with Crippen LogP contribution in [0, 0.1) is 0 Å². The summed E-state index contributed by atoms with van der Waals surface area (Å²) in [4.78, 5) is 12.7. The molecule has 2 aromatic carbocycles. The zero-order chi connectivity index (χ0) is 17.0. The monoisotopic (exact) mass is 370 g/mol. The lowest BCUT2D eigenvalue weighted by Gasteiger charge is -2.10. The molecule has 0 aliphatic carbocycles. The summed E-state index contributed by atoms with van der Waals surface area (Å²) in [5.74, 6) is 3.34. The van der Waals surface area contributed by atoms with E-state index in [1.54, 1.807) is 49.5 Å². The minimum absolute atomic E-state index is 0.269. The first kappa shape index (κ1) is 17.8. The third kappa shape index (κ3) is 4.48. The molecule has 0 aromatic heterocycles. The first-order valence-electron chi connectivity index (χ1n) is 6.71. The maximum Gasteiger partial charge on any atom is 0.251 e. The Labute approximate surface area is 145 Å². The molecule has 122 valence electrons. The quantitative estimate of drug-likeness (QED) is 0.794. The fourth-order valence-electron chi connectivity index (χ4n) is 1.90. The highest BCUT2D eigenvalue weighted by Crippen LogP contribution is 2.21. The summed E-state index contributed by atoms with van der Waals surface area (Å²) in [7, 11) is -1.04. The molecule has 1 atom stereocenters. The first-order valence-corrected chi connectivity index (χ1v) is 9.20. The Morgan fingerprint density at radius 2 is 1.96 bits per heavy atom. The Kier molecular flexibility index (Phi) is 5.70. The fraction of sp³-hybridized carbons (Fsp3) is 0.125. The maximum atomic E-state index is 12.2. The van der Waals surface area contributed by atoms with E-state index in [9.17, 15) is 9.00 Å². The van der Waals surface area contributed by atoms with Gasteiger partial charge in [0, 0.05) is 27.0 Å². The van der Waals surface area contributed by atoms with Crippen LogP contribution in [0.25, 0.3) is 0 Å². The van der Waals surface area contributed by atoms with Gasteiger partial charge in [-0.2, -0.15) is 0 Å². The number of nitrogens with one attached hydrogen (secondary N) is 2. The topological polar surface area (TPSA) is 58.2 Å². The van der Waals surface area contributed by atoms with Gasteiger partial charge >= 0.3 is 0 Å². The summed E-state index contributed by atoms with van der Waals surface area (Å²) >= 11 is 11.9. The number of carbonyl (C=O) groups excluding carboxylic acids is 1. The van der Waals surface area contributed by atoms with Gasteiger partial charge in [-0.05, 0) is 48.8 Å². The Morgan fingerprint density at radius 3 is 2.61 bits per heavy atom. The molecule has 1 unspecified atom stereocenters. The predicted octanol–water partition coefficient (Wildman–Crippen LogP) is 3.13. The van der Waals surface area contributed by atoms with Crippen molar-refractivity contribution in [2.24, 2.45) is 0 Å². The maximum absolute atomic E-state index is 12.2. The molecule has 0 radical (unpaired) electrons. The van der Waals surface area contributed by atoms with Gasteiger partial charge in [0.15, 0.2) is 0 Å². The molecule has 23 heavy (non-hydrogen) atoms. The summed E-state index contributed by atoms with van der Waals surface area (Å²) < 4.78 is 14.9. The predicted molar refractivity (Wildman–Crippen MR) is 96.7 cm³/mol. The Bertz CT molecular complexity index is 836. The van der Waals surface area contributed by atoms with Crippen molar-refractivity contribution in [2.75, 3.05) is 7.05 Å². The molecule has 0 aliphatic rings. The number of halogens is 2. The number of rotatable bonds is 5. The molecule has 7 heteroatoms. The molecule has 2 N–H and O–H groups in total. The van der Waals surface area contributed by atoms with Crippen LogP contribution in [-0.2, 0) is 16.3 Å². The first-order chi connectivity index (χ1) is 10.8. The smallest absolute Gasteiger partial charge is 0.251 e. The van der Waals surface area contributed by atoms with E-state index in [2.05, 4.69) is 15.9 Å². The van der Waals surface area contributed by atoms with E-state index in [1.165, 1.54) is 0 Å². The average molecular weight is 371 g/mol. The van der Waals surface area contributed by atoms with Crippen molar-refractivity contribution >= 4 is 44.7 Å².